The van der Waals surface area contributed by atoms with Gasteiger partial charge in [0.15, 0.2) is 11.5 Å². The average Bonchev–Trinajstić information content (AvgIpc) is 2.80. The Morgan fingerprint density at radius 2 is 2.06 bits per heavy atom. The summed E-state index contributed by atoms with van der Waals surface area (Å²) >= 11 is 1.23. The lowest BCUT2D eigenvalue weighted by Crippen LogP contribution is -1.93. The van der Waals surface area contributed by atoms with E-state index in [1.165, 1.54) is 11.5 Å². The Kier molecular flexibility index (Phi) is 3.66. The lowest BCUT2D eigenvalue weighted by atomic mass is 10.2. The molecular weight excluding hydrogens is 250 g/mol. The van der Waals surface area contributed by atoms with Crippen LogP contribution in [0.25, 0.3) is 0 Å². The van der Waals surface area contributed by atoms with Crippen LogP contribution >= 0.6 is 11.5 Å². The van der Waals surface area contributed by atoms with E-state index in [4.69, 9.17) is 15.2 Å². The van der Waals surface area contributed by atoms with Crippen molar-refractivity contribution in [3.05, 3.63) is 24.0 Å². The molecule has 1 aromatic heterocycles. The fourth-order valence-corrected chi connectivity index (χ4v) is 2.04. The van der Waals surface area contributed by atoms with Crippen molar-refractivity contribution in [2.24, 2.45) is 0 Å². The van der Waals surface area contributed by atoms with Crippen molar-refractivity contribution in [2.45, 2.75) is 19.8 Å². The molecule has 0 bridgehead atoms. The topological polar surface area (TPSA) is 70.3 Å². The van der Waals surface area contributed by atoms with E-state index in [0.29, 0.717) is 22.4 Å². The Bertz CT molecular complexity index is 540. The highest BCUT2D eigenvalue weighted by atomic mass is 32.1. The molecule has 2 aromatic rings. The molecule has 0 fully saturated rings. The molecule has 0 atom stereocenters. The van der Waals surface area contributed by atoms with Gasteiger partial charge in [-0.05, 0) is 12.1 Å². The zero-order valence-electron chi connectivity index (χ0n) is 10.5. The molecule has 96 valence electrons. The van der Waals surface area contributed by atoms with Gasteiger partial charge in [-0.25, -0.2) is 0 Å². The number of ether oxygens (including phenoxy) is 2. The molecule has 0 amide bonds. The maximum absolute atomic E-state index is 5.68. The second-order valence-corrected chi connectivity index (χ2v) is 4.80. The molecule has 0 aliphatic heterocycles. The molecule has 1 heterocycles. The van der Waals surface area contributed by atoms with E-state index in [1.54, 1.807) is 25.3 Å². The second kappa shape index (κ2) is 5.22. The highest BCUT2D eigenvalue weighted by Gasteiger charge is 2.12. The molecule has 0 saturated carbocycles. The zero-order chi connectivity index (χ0) is 13.1. The average molecular weight is 265 g/mol. The van der Waals surface area contributed by atoms with E-state index in [2.05, 4.69) is 9.36 Å². The van der Waals surface area contributed by atoms with Crippen molar-refractivity contribution in [2.75, 3.05) is 12.8 Å². The number of methoxy groups -OCH3 is 1. The minimum absolute atomic E-state index is 0.284. The van der Waals surface area contributed by atoms with Gasteiger partial charge in [-0.15, -0.1) is 0 Å². The normalized spacial score (nSPS) is 10.7. The Morgan fingerprint density at radius 1 is 1.28 bits per heavy atom. The molecule has 0 aliphatic carbocycles. The fourth-order valence-electron chi connectivity index (χ4n) is 1.36. The van der Waals surface area contributed by atoms with Crippen LogP contribution in [0.15, 0.2) is 18.2 Å². The van der Waals surface area contributed by atoms with E-state index in [9.17, 15) is 0 Å². The minimum Gasteiger partial charge on any atom is -0.493 e. The molecular formula is C12H15N3O2S. The third-order valence-electron chi connectivity index (χ3n) is 2.32. The number of nitrogens with zero attached hydrogens (tertiary/aromatic N) is 2. The summed E-state index contributed by atoms with van der Waals surface area (Å²) in [6.07, 6.45) is 0. The standard InChI is InChI=1S/C12H15N3O2S/c1-7(2)11-14-12(18-15-11)17-9-5-4-8(13)6-10(9)16-3/h4-7H,13H2,1-3H3. The van der Waals surface area contributed by atoms with Crippen LogP contribution in [0, 0.1) is 0 Å². The van der Waals surface area contributed by atoms with Crippen LogP contribution in [-0.4, -0.2) is 16.5 Å². The number of hydrogen-bond acceptors (Lipinski definition) is 6. The van der Waals surface area contributed by atoms with Gasteiger partial charge < -0.3 is 15.2 Å². The maximum Gasteiger partial charge on any atom is 0.298 e. The first-order valence-electron chi connectivity index (χ1n) is 5.55. The number of hydrogen-bond donors (Lipinski definition) is 1. The lowest BCUT2D eigenvalue weighted by molar-refractivity contribution is 0.378. The Labute approximate surface area is 110 Å². The summed E-state index contributed by atoms with van der Waals surface area (Å²) < 4.78 is 15.1. The summed E-state index contributed by atoms with van der Waals surface area (Å²) in [6, 6.07) is 5.21. The van der Waals surface area contributed by atoms with Gasteiger partial charge in [0.25, 0.3) is 5.19 Å². The second-order valence-electron chi connectivity index (χ2n) is 4.09. The van der Waals surface area contributed by atoms with Crippen molar-refractivity contribution < 1.29 is 9.47 Å². The van der Waals surface area contributed by atoms with E-state index < -0.39 is 0 Å². The molecule has 1 aromatic carbocycles. The van der Waals surface area contributed by atoms with Crippen molar-refractivity contribution in [1.29, 1.82) is 0 Å². The summed E-state index contributed by atoms with van der Waals surface area (Å²) in [5, 5.41) is 0.502. The van der Waals surface area contributed by atoms with Gasteiger partial charge in [-0.3, -0.25) is 0 Å². The van der Waals surface area contributed by atoms with E-state index >= 15 is 0 Å². The third kappa shape index (κ3) is 2.70. The first-order chi connectivity index (χ1) is 8.60. The third-order valence-corrected chi connectivity index (χ3v) is 2.93. The summed E-state index contributed by atoms with van der Waals surface area (Å²) in [4.78, 5) is 4.30. The van der Waals surface area contributed by atoms with Gasteiger partial charge in [0.2, 0.25) is 0 Å². The van der Waals surface area contributed by atoms with Crippen molar-refractivity contribution in [3.8, 4) is 16.7 Å². The molecule has 0 radical (unpaired) electrons. The van der Waals surface area contributed by atoms with Gasteiger partial charge in [0.05, 0.1) is 7.11 Å². The molecule has 2 N–H and O–H groups in total. The smallest absolute Gasteiger partial charge is 0.298 e. The van der Waals surface area contributed by atoms with Crippen molar-refractivity contribution >= 4 is 17.2 Å². The fraction of sp³-hybridized carbons (Fsp3) is 0.333. The Hall–Kier alpha value is -1.82. The molecule has 0 unspecified atom stereocenters. The molecule has 18 heavy (non-hydrogen) atoms. The Morgan fingerprint density at radius 3 is 2.67 bits per heavy atom. The van der Waals surface area contributed by atoms with Crippen LogP contribution in [0.3, 0.4) is 0 Å². The van der Waals surface area contributed by atoms with E-state index in [-0.39, 0.29) is 5.92 Å². The van der Waals surface area contributed by atoms with E-state index in [0.717, 1.165) is 5.82 Å². The number of nitrogens with two attached hydrogens (primary N) is 1. The van der Waals surface area contributed by atoms with Gasteiger partial charge >= 0.3 is 0 Å². The van der Waals surface area contributed by atoms with Gasteiger partial charge in [-0.2, -0.15) is 9.36 Å². The number of benzene rings is 1. The first-order valence-corrected chi connectivity index (χ1v) is 6.32. The summed E-state index contributed by atoms with van der Waals surface area (Å²) in [6.45, 7) is 4.07. The lowest BCUT2D eigenvalue weighted by Gasteiger charge is -2.08. The molecule has 5 nitrogen and oxygen atoms in total. The predicted octanol–water partition coefficient (Wildman–Crippen LogP) is 3.04. The van der Waals surface area contributed by atoms with E-state index in [1.807, 2.05) is 13.8 Å². The summed E-state index contributed by atoms with van der Waals surface area (Å²) in [5.41, 5.74) is 6.30. The monoisotopic (exact) mass is 265 g/mol. The van der Waals surface area contributed by atoms with Crippen LogP contribution in [0.1, 0.15) is 25.6 Å². The van der Waals surface area contributed by atoms with Gasteiger partial charge in [0.1, 0.15) is 5.82 Å². The highest BCUT2D eigenvalue weighted by Crippen LogP contribution is 2.34. The zero-order valence-corrected chi connectivity index (χ0v) is 11.3. The van der Waals surface area contributed by atoms with Crippen molar-refractivity contribution in [1.82, 2.24) is 9.36 Å². The number of anilines is 1. The molecule has 6 heteroatoms. The van der Waals surface area contributed by atoms with Crippen LogP contribution in [0.4, 0.5) is 5.69 Å². The molecule has 0 aliphatic rings. The summed E-state index contributed by atoms with van der Waals surface area (Å²) in [5.74, 6) is 2.23. The SMILES string of the molecule is COc1cc(N)ccc1Oc1nc(C(C)C)ns1. The minimum atomic E-state index is 0.284. The number of rotatable bonds is 4. The van der Waals surface area contributed by atoms with Crippen LogP contribution in [0.2, 0.25) is 0 Å². The number of nitrogen functional groups attached to an aromatic ring is 1. The summed E-state index contributed by atoms with van der Waals surface area (Å²) in [7, 11) is 1.57. The molecule has 0 saturated heterocycles. The Balaban J connectivity index is 2.22. The largest absolute Gasteiger partial charge is 0.493 e. The molecule has 0 spiro atoms. The number of aromatic nitrogens is 2. The van der Waals surface area contributed by atoms with Gasteiger partial charge in [0, 0.05) is 29.2 Å². The maximum atomic E-state index is 5.68. The quantitative estimate of drug-likeness (QED) is 0.860. The highest BCUT2D eigenvalue weighted by molar-refractivity contribution is 7.07. The van der Waals surface area contributed by atoms with Crippen molar-refractivity contribution in [3.63, 3.8) is 0 Å². The van der Waals surface area contributed by atoms with Crippen LogP contribution in [-0.2, 0) is 0 Å². The molecule has 2 rings (SSSR count). The van der Waals surface area contributed by atoms with Crippen LogP contribution < -0.4 is 15.2 Å². The van der Waals surface area contributed by atoms with Crippen LogP contribution in [0.5, 0.6) is 16.7 Å². The van der Waals surface area contributed by atoms with Gasteiger partial charge in [-0.1, -0.05) is 13.8 Å². The first kappa shape index (κ1) is 12.6. The predicted molar refractivity (Wildman–Crippen MR) is 71.5 cm³/mol.